The molecule has 1 saturated heterocycles. The number of benzene rings is 1. The zero-order chi connectivity index (χ0) is 21.2. The molecule has 3 N–H and O–H groups in total. The fraction of sp³-hybridized carbons (Fsp3) is 0.389. The number of carbonyl (C=O) groups is 1. The zero-order valence-electron chi connectivity index (χ0n) is 16.0. The first kappa shape index (κ1) is 20.4. The molecule has 2 aromatic rings. The van der Waals surface area contributed by atoms with Crippen molar-refractivity contribution in [1.29, 1.82) is 0 Å². The monoisotopic (exact) mass is 404 g/mol. The van der Waals surface area contributed by atoms with E-state index in [2.05, 4.69) is 15.3 Å². The molecule has 2 amide bonds. The van der Waals surface area contributed by atoms with E-state index in [1.807, 2.05) is 13.8 Å². The summed E-state index contributed by atoms with van der Waals surface area (Å²) in [6.07, 6.45) is 2.83. The Hall–Kier alpha value is -3.34. The Morgan fingerprint density at radius 1 is 1.41 bits per heavy atom. The highest BCUT2D eigenvalue weighted by molar-refractivity contribution is 5.89. The number of nitrogens with one attached hydrogen (secondary N) is 1. The standard InChI is InChI=1S/C18H21FN6O4/c1-18(2,20)14-4-3-7-24(14)17(26)23-15-9-16(22-10-21-15)29-13-6-5-11(25(27)28)8-12(13)19/h5-6,8-10,14H,3-4,7,20H2,1-2H3,(H,21,22,23,26)/t14-/m1/s1. The zero-order valence-corrected chi connectivity index (χ0v) is 16.0. The first-order chi connectivity index (χ1) is 13.6. The molecule has 154 valence electrons. The molecule has 0 spiro atoms. The van der Waals surface area contributed by atoms with Crippen molar-refractivity contribution in [2.24, 2.45) is 5.73 Å². The molecule has 11 heteroatoms. The minimum Gasteiger partial charge on any atom is -0.436 e. The average Bonchev–Trinajstić information content (AvgIpc) is 3.14. The number of anilines is 1. The molecular weight excluding hydrogens is 383 g/mol. The van der Waals surface area contributed by atoms with Gasteiger partial charge in [-0.25, -0.2) is 19.2 Å². The van der Waals surface area contributed by atoms with Crippen LogP contribution < -0.4 is 15.8 Å². The van der Waals surface area contributed by atoms with Crippen LogP contribution in [0, 0.1) is 15.9 Å². The summed E-state index contributed by atoms with van der Waals surface area (Å²) < 4.78 is 19.3. The van der Waals surface area contributed by atoms with Crippen LogP contribution in [-0.4, -0.2) is 43.9 Å². The van der Waals surface area contributed by atoms with Gasteiger partial charge in [-0.2, -0.15) is 0 Å². The lowest BCUT2D eigenvalue weighted by atomic mass is 9.94. The van der Waals surface area contributed by atoms with Gasteiger partial charge in [-0.1, -0.05) is 0 Å². The van der Waals surface area contributed by atoms with Crippen LogP contribution in [0.4, 0.5) is 20.7 Å². The number of hydrogen-bond donors (Lipinski definition) is 2. The lowest BCUT2D eigenvalue weighted by molar-refractivity contribution is -0.385. The molecule has 0 radical (unpaired) electrons. The number of amides is 2. The number of nitrogens with two attached hydrogens (primary N) is 1. The molecule has 0 bridgehead atoms. The van der Waals surface area contributed by atoms with E-state index < -0.39 is 22.0 Å². The second kappa shape index (κ2) is 7.95. The molecule has 1 aliphatic rings. The Balaban J connectivity index is 1.71. The number of nitro groups is 1. The van der Waals surface area contributed by atoms with E-state index in [0.29, 0.717) is 6.54 Å². The van der Waals surface area contributed by atoms with E-state index >= 15 is 0 Å². The summed E-state index contributed by atoms with van der Waals surface area (Å²) in [5.74, 6) is -1.01. The summed E-state index contributed by atoms with van der Waals surface area (Å²) in [4.78, 5) is 32.1. The van der Waals surface area contributed by atoms with E-state index in [0.717, 1.165) is 37.4 Å². The number of carbonyl (C=O) groups excluding carboxylic acids is 1. The van der Waals surface area contributed by atoms with Gasteiger partial charge in [0, 0.05) is 24.2 Å². The number of nitro benzene ring substituents is 1. The molecule has 0 aliphatic carbocycles. The summed E-state index contributed by atoms with van der Waals surface area (Å²) in [7, 11) is 0. The van der Waals surface area contributed by atoms with Gasteiger partial charge in [-0.3, -0.25) is 15.4 Å². The second-order valence-electron chi connectivity index (χ2n) is 7.32. The average molecular weight is 404 g/mol. The van der Waals surface area contributed by atoms with Crippen LogP contribution in [0.5, 0.6) is 11.6 Å². The summed E-state index contributed by atoms with van der Waals surface area (Å²) in [5.41, 5.74) is 5.24. The molecule has 10 nitrogen and oxygen atoms in total. The van der Waals surface area contributed by atoms with Gasteiger partial charge in [0.2, 0.25) is 5.88 Å². The third-order valence-electron chi connectivity index (χ3n) is 4.59. The number of non-ortho nitro benzene ring substituents is 1. The van der Waals surface area contributed by atoms with Gasteiger partial charge in [-0.05, 0) is 32.8 Å². The van der Waals surface area contributed by atoms with Crippen LogP contribution in [0.2, 0.25) is 0 Å². The topological polar surface area (TPSA) is 137 Å². The lowest BCUT2D eigenvalue weighted by Gasteiger charge is -2.34. The molecule has 0 unspecified atom stereocenters. The van der Waals surface area contributed by atoms with Crippen LogP contribution in [0.1, 0.15) is 26.7 Å². The van der Waals surface area contributed by atoms with Crippen molar-refractivity contribution in [3.8, 4) is 11.6 Å². The molecular formula is C18H21FN6O4. The third-order valence-corrected chi connectivity index (χ3v) is 4.59. The highest BCUT2D eigenvalue weighted by Crippen LogP contribution is 2.28. The fourth-order valence-electron chi connectivity index (χ4n) is 3.23. The van der Waals surface area contributed by atoms with Gasteiger partial charge in [-0.15, -0.1) is 0 Å². The molecule has 1 atom stereocenters. The second-order valence-corrected chi connectivity index (χ2v) is 7.32. The van der Waals surface area contributed by atoms with E-state index in [-0.39, 0.29) is 29.5 Å². The largest absolute Gasteiger partial charge is 0.436 e. The summed E-state index contributed by atoms with van der Waals surface area (Å²) >= 11 is 0. The Labute approximate surface area is 166 Å². The number of halogens is 1. The first-order valence-electron chi connectivity index (χ1n) is 8.95. The summed E-state index contributed by atoms with van der Waals surface area (Å²) in [6.45, 7) is 4.33. The Morgan fingerprint density at radius 2 is 2.17 bits per heavy atom. The number of aromatic nitrogens is 2. The van der Waals surface area contributed by atoms with Crippen molar-refractivity contribution in [3.05, 3.63) is 46.5 Å². The number of likely N-dealkylation sites (tertiary alicyclic amines) is 1. The maximum Gasteiger partial charge on any atom is 0.323 e. The van der Waals surface area contributed by atoms with Crippen molar-refractivity contribution in [3.63, 3.8) is 0 Å². The van der Waals surface area contributed by atoms with Crippen molar-refractivity contribution < 1.29 is 18.8 Å². The number of nitrogens with zero attached hydrogens (tertiary/aromatic N) is 4. The van der Waals surface area contributed by atoms with Crippen molar-refractivity contribution in [2.45, 2.75) is 38.3 Å². The maximum absolute atomic E-state index is 14.0. The number of rotatable bonds is 5. The fourth-order valence-corrected chi connectivity index (χ4v) is 3.23. The van der Waals surface area contributed by atoms with E-state index in [1.54, 1.807) is 4.90 Å². The lowest BCUT2D eigenvalue weighted by Crippen LogP contribution is -2.54. The molecule has 3 rings (SSSR count). The van der Waals surface area contributed by atoms with Gasteiger partial charge in [0.25, 0.3) is 5.69 Å². The minimum absolute atomic E-state index is 0.0276. The quantitative estimate of drug-likeness (QED) is 0.577. The minimum atomic E-state index is -0.909. The highest BCUT2D eigenvalue weighted by Gasteiger charge is 2.37. The molecule has 1 aromatic carbocycles. The molecule has 2 heterocycles. The third kappa shape index (κ3) is 4.74. The van der Waals surface area contributed by atoms with Crippen LogP contribution in [0.15, 0.2) is 30.6 Å². The molecule has 1 fully saturated rings. The highest BCUT2D eigenvalue weighted by atomic mass is 19.1. The van der Waals surface area contributed by atoms with Crippen LogP contribution in [0.25, 0.3) is 0 Å². The van der Waals surface area contributed by atoms with E-state index in [9.17, 15) is 19.3 Å². The Bertz CT molecular complexity index is 933. The van der Waals surface area contributed by atoms with E-state index in [4.69, 9.17) is 10.5 Å². The normalized spacial score (nSPS) is 16.6. The smallest absolute Gasteiger partial charge is 0.323 e. The molecule has 1 aromatic heterocycles. The Kier molecular flexibility index (Phi) is 5.59. The maximum atomic E-state index is 14.0. The SMILES string of the molecule is CC(C)(N)[C@H]1CCCN1C(=O)Nc1cc(Oc2ccc([N+](=O)[O-])cc2F)ncn1. The predicted molar refractivity (Wildman–Crippen MR) is 102 cm³/mol. The van der Waals surface area contributed by atoms with E-state index in [1.165, 1.54) is 6.07 Å². The van der Waals surface area contributed by atoms with Gasteiger partial charge >= 0.3 is 6.03 Å². The number of hydrogen-bond acceptors (Lipinski definition) is 7. The molecule has 29 heavy (non-hydrogen) atoms. The summed E-state index contributed by atoms with van der Waals surface area (Å²) in [6, 6.07) is 3.88. The van der Waals surface area contributed by atoms with Gasteiger partial charge in [0.1, 0.15) is 12.1 Å². The van der Waals surface area contributed by atoms with Crippen molar-refractivity contribution >= 4 is 17.5 Å². The summed E-state index contributed by atoms with van der Waals surface area (Å²) in [5, 5.41) is 13.4. The Morgan fingerprint density at radius 3 is 2.83 bits per heavy atom. The predicted octanol–water partition coefficient (Wildman–Crippen LogP) is 3.05. The van der Waals surface area contributed by atoms with Crippen molar-refractivity contribution in [2.75, 3.05) is 11.9 Å². The molecule has 1 aliphatic heterocycles. The number of urea groups is 1. The van der Waals surface area contributed by atoms with Gasteiger partial charge in [0.15, 0.2) is 11.6 Å². The van der Waals surface area contributed by atoms with Gasteiger partial charge < -0.3 is 15.4 Å². The van der Waals surface area contributed by atoms with Crippen molar-refractivity contribution in [1.82, 2.24) is 14.9 Å². The van der Waals surface area contributed by atoms with Gasteiger partial charge in [0.05, 0.1) is 17.0 Å². The first-order valence-corrected chi connectivity index (χ1v) is 8.95. The van der Waals surface area contributed by atoms with Crippen LogP contribution >= 0.6 is 0 Å². The number of ether oxygens (including phenoxy) is 1. The molecule has 0 saturated carbocycles. The van der Waals surface area contributed by atoms with Crippen LogP contribution in [0.3, 0.4) is 0 Å². The van der Waals surface area contributed by atoms with Crippen LogP contribution in [-0.2, 0) is 0 Å².